The van der Waals surface area contributed by atoms with Gasteiger partial charge in [0.15, 0.2) is 5.69 Å². The Morgan fingerprint density at radius 2 is 1.81 bits per heavy atom. The lowest BCUT2D eigenvalue weighted by Gasteiger charge is -2.10. The number of hydrogen-bond acceptors (Lipinski definition) is 3. The van der Waals surface area contributed by atoms with Gasteiger partial charge in [-0.25, -0.2) is 5.10 Å². The van der Waals surface area contributed by atoms with Crippen LogP contribution in [0.15, 0.2) is 42.5 Å². The number of nitriles is 1. The summed E-state index contributed by atoms with van der Waals surface area (Å²) >= 11 is 0. The van der Waals surface area contributed by atoms with Crippen LogP contribution in [-0.4, -0.2) is 15.4 Å². The van der Waals surface area contributed by atoms with Crippen molar-refractivity contribution in [2.45, 2.75) is 13.1 Å². The number of aromatic amines is 1. The predicted octanol–water partition coefficient (Wildman–Crippen LogP) is 4.84. The normalized spacial score (nSPS) is 11.7. The molecule has 1 heterocycles. The molecular formula is C19H13F3N4. The number of benzene rings is 2. The Bertz CT molecular complexity index is 1010. The van der Waals surface area contributed by atoms with E-state index in [2.05, 4.69) is 15.4 Å². The highest BCUT2D eigenvalue weighted by Gasteiger charge is 2.32. The standard InChI is InChI=1S/C19H13F3N4/c1-12-5-6-14(10-16(12)19(20,21)22)8-7-13-3-2-4-15(9-13)18-17(11-23)24-26-25-18/h2-10H,1H3,(H,24,25,26)/b8-7+. The van der Waals surface area contributed by atoms with Crippen molar-refractivity contribution in [1.82, 2.24) is 15.4 Å². The Morgan fingerprint density at radius 3 is 2.50 bits per heavy atom. The van der Waals surface area contributed by atoms with Crippen molar-refractivity contribution in [3.8, 4) is 17.3 Å². The Kier molecular flexibility index (Phi) is 4.59. The van der Waals surface area contributed by atoms with Gasteiger partial charge in [0, 0.05) is 5.56 Å². The third-order valence-corrected chi connectivity index (χ3v) is 3.86. The number of alkyl halides is 3. The molecule has 0 saturated heterocycles. The van der Waals surface area contributed by atoms with E-state index in [1.807, 2.05) is 12.1 Å². The van der Waals surface area contributed by atoms with E-state index in [1.54, 1.807) is 36.4 Å². The van der Waals surface area contributed by atoms with E-state index in [1.165, 1.54) is 13.0 Å². The molecule has 0 aliphatic heterocycles. The SMILES string of the molecule is Cc1ccc(/C=C/c2cccc(-c3nn[nH]c3C#N)c2)cc1C(F)(F)F. The van der Waals surface area contributed by atoms with Crippen molar-refractivity contribution in [2.75, 3.05) is 0 Å². The summed E-state index contributed by atoms with van der Waals surface area (Å²) in [5.74, 6) is 0. The minimum absolute atomic E-state index is 0.187. The van der Waals surface area contributed by atoms with Gasteiger partial charge in [-0.3, -0.25) is 0 Å². The summed E-state index contributed by atoms with van der Waals surface area (Å²) < 4.78 is 39.0. The zero-order chi connectivity index (χ0) is 18.7. The van der Waals surface area contributed by atoms with Crippen LogP contribution in [-0.2, 0) is 6.18 Å². The number of nitrogens with one attached hydrogen (secondary N) is 1. The Morgan fingerprint density at radius 1 is 1.08 bits per heavy atom. The molecule has 7 heteroatoms. The van der Waals surface area contributed by atoms with Crippen LogP contribution >= 0.6 is 0 Å². The topological polar surface area (TPSA) is 65.4 Å². The second kappa shape index (κ2) is 6.84. The molecule has 3 rings (SSSR count). The summed E-state index contributed by atoms with van der Waals surface area (Å²) in [5, 5.41) is 19.0. The molecule has 26 heavy (non-hydrogen) atoms. The molecule has 0 fully saturated rings. The Hall–Kier alpha value is -3.40. The van der Waals surface area contributed by atoms with Crippen molar-refractivity contribution in [1.29, 1.82) is 5.26 Å². The molecule has 1 aromatic heterocycles. The van der Waals surface area contributed by atoms with Gasteiger partial charge in [-0.05, 0) is 35.7 Å². The summed E-state index contributed by atoms with van der Waals surface area (Å²) in [4.78, 5) is 0. The zero-order valence-electron chi connectivity index (χ0n) is 13.7. The van der Waals surface area contributed by atoms with Gasteiger partial charge in [-0.2, -0.15) is 18.4 Å². The number of hydrogen-bond donors (Lipinski definition) is 1. The monoisotopic (exact) mass is 354 g/mol. The molecule has 0 aliphatic rings. The van der Waals surface area contributed by atoms with Crippen molar-refractivity contribution < 1.29 is 13.2 Å². The maximum Gasteiger partial charge on any atom is 0.416 e. The number of rotatable bonds is 3. The molecule has 0 atom stereocenters. The molecule has 0 unspecified atom stereocenters. The lowest BCUT2D eigenvalue weighted by atomic mass is 10.0. The molecule has 0 saturated carbocycles. The maximum atomic E-state index is 13.0. The van der Waals surface area contributed by atoms with E-state index in [4.69, 9.17) is 5.26 Å². The number of aromatic nitrogens is 3. The summed E-state index contributed by atoms with van der Waals surface area (Å²) in [7, 11) is 0. The van der Waals surface area contributed by atoms with Gasteiger partial charge >= 0.3 is 6.18 Å². The summed E-state index contributed by atoms with van der Waals surface area (Å²) in [6.07, 6.45) is -1.06. The van der Waals surface area contributed by atoms with Gasteiger partial charge < -0.3 is 0 Å². The summed E-state index contributed by atoms with van der Waals surface area (Å²) in [6.45, 7) is 1.44. The molecule has 0 spiro atoms. The highest BCUT2D eigenvalue weighted by molar-refractivity contribution is 5.74. The first-order chi connectivity index (χ1) is 12.4. The highest BCUT2D eigenvalue weighted by Crippen LogP contribution is 2.32. The van der Waals surface area contributed by atoms with Crippen LogP contribution < -0.4 is 0 Å². The lowest BCUT2D eigenvalue weighted by molar-refractivity contribution is -0.138. The third kappa shape index (κ3) is 3.64. The van der Waals surface area contributed by atoms with Crippen molar-refractivity contribution in [2.24, 2.45) is 0 Å². The molecular weight excluding hydrogens is 341 g/mol. The van der Waals surface area contributed by atoms with E-state index in [0.717, 1.165) is 11.6 Å². The zero-order valence-corrected chi connectivity index (χ0v) is 13.7. The van der Waals surface area contributed by atoms with Gasteiger partial charge in [0.2, 0.25) is 0 Å². The second-order valence-corrected chi connectivity index (χ2v) is 5.68. The average Bonchev–Trinajstić information content (AvgIpc) is 3.09. The van der Waals surface area contributed by atoms with E-state index in [-0.39, 0.29) is 11.3 Å². The van der Waals surface area contributed by atoms with Crippen LogP contribution in [0.5, 0.6) is 0 Å². The Balaban J connectivity index is 1.91. The number of aryl methyl sites for hydroxylation is 1. The smallest absolute Gasteiger partial charge is 0.247 e. The summed E-state index contributed by atoms with van der Waals surface area (Å²) in [6, 6.07) is 13.3. The lowest BCUT2D eigenvalue weighted by Crippen LogP contribution is -2.07. The molecule has 2 aromatic carbocycles. The fraction of sp³-hybridized carbons (Fsp3) is 0.105. The number of H-pyrrole nitrogens is 1. The van der Waals surface area contributed by atoms with Gasteiger partial charge in [-0.1, -0.05) is 47.7 Å². The third-order valence-electron chi connectivity index (χ3n) is 3.86. The van der Waals surface area contributed by atoms with E-state index in [0.29, 0.717) is 16.8 Å². The second-order valence-electron chi connectivity index (χ2n) is 5.68. The minimum atomic E-state index is -4.38. The van der Waals surface area contributed by atoms with Crippen molar-refractivity contribution in [3.05, 3.63) is 70.4 Å². The van der Waals surface area contributed by atoms with Crippen molar-refractivity contribution >= 4 is 12.2 Å². The Labute approximate surface area is 147 Å². The largest absolute Gasteiger partial charge is 0.416 e. The molecule has 0 radical (unpaired) electrons. The first kappa shape index (κ1) is 17.4. The van der Waals surface area contributed by atoms with Gasteiger partial charge in [-0.15, -0.1) is 5.10 Å². The van der Waals surface area contributed by atoms with Gasteiger partial charge in [0.1, 0.15) is 11.8 Å². The van der Waals surface area contributed by atoms with Crippen LogP contribution in [0.4, 0.5) is 13.2 Å². The minimum Gasteiger partial charge on any atom is -0.247 e. The average molecular weight is 354 g/mol. The molecule has 4 nitrogen and oxygen atoms in total. The first-order valence-electron chi connectivity index (χ1n) is 7.66. The molecule has 0 aliphatic carbocycles. The molecule has 0 amide bonds. The van der Waals surface area contributed by atoms with Crippen molar-refractivity contribution in [3.63, 3.8) is 0 Å². The molecule has 3 aromatic rings. The molecule has 130 valence electrons. The van der Waals surface area contributed by atoms with E-state index >= 15 is 0 Å². The predicted molar refractivity (Wildman–Crippen MR) is 91.6 cm³/mol. The number of nitrogens with zero attached hydrogens (tertiary/aromatic N) is 3. The number of halogens is 3. The summed E-state index contributed by atoms with van der Waals surface area (Å²) in [5.41, 5.74) is 2.13. The van der Waals surface area contributed by atoms with Crippen LogP contribution in [0.3, 0.4) is 0 Å². The van der Waals surface area contributed by atoms with Crippen LogP contribution in [0.1, 0.15) is 27.9 Å². The maximum absolute atomic E-state index is 13.0. The fourth-order valence-electron chi connectivity index (χ4n) is 2.54. The fourth-order valence-corrected chi connectivity index (χ4v) is 2.54. The molecule has 1 N–H and O–H groups in total. The highest BCUT2D eigenvalue weighted by atomic mass is 19.4. The van der Waals surface area contributed by atoms with Crippen LogP contribution in [0, 0.1) is 18.3 Å². The van der Waals surface area contributed by atoms with Crippen LogP contribution in [0.2, 0.25) is 0 Å². The first-order valence-corrected chi connectivity index (χ1v) is 7.66. The van der Waals surface area contributed by atoms with Gasteiger partial charge in [0.25, 0.3) is 0 Å². The van der Waals surface area contributed by atoms with E-state index in [9.17, 15) is 13.2 Å². The van der Waals surface area contributed by atoms with E-state index < -0.39 is 11.7 Å². The molecule has 0 bridgehead atoms. The van der Waals surface area contributed by atoms with Crippen LogP contribution in [0.25, 0.3) is 23.4 Å². The van der Waals surface area contributed by atoms with Gasteiger partial charge in [0.05, 0.1) is 5.56 Å². The quantitative estimate of drug-likeness (QED) is 0.685.